The number of rotatable bonds is 1. The van der Waals surface area contributed by atoms with E-state index in [2.05, 4.69) is 18.7 Å². The Morgan fingerprint density at radius 3 is 2.58 bits per heavy atom. The molecule has 0 fully saturated rings. The van der Waals surface area contributed by atoms with E-state index in [1.807, 2.05) is 19.1 Å². The van der Waals surface area contributed by atoms with Gasteiger partial charge in [-0.15, -0.1) is 12.6 Å². The smallest absolute Gasteiger partial charge is 0.150 e. The van der Waals surface area contributed by atoms with Crippen LogP contribution in [0.15, 0.2) is 17.0 Å². The Morgan fingerprint density at radius 2 is 2.17 bits per heavy atom. The summed E-state index contributed by atoms with van der Waals surface area (Å²) in [6.07, 6.45) is 0. The molecule has 1 aromatic rings. The van der Waals surface area contributed by atoms with Gasteiger partial charge < -0.3 is 4.74 Å². The summed E-state index contributed by atoms with van der Waals surface area (Å²) < 4.78 is 5.05. The molecule has 62 valence electrons. The molecule has 2 nitrogen and oxygen atoms in total. The number of ether oxygens (including phenoxy) is 1. The second kappa shape index (κ2) is 3.51. The Bertz CT molecular complexity index is 341. The number of hydrogen-bond acceptors (Lipinski definition) is 3. The van der Waals surface area contributed by atoms with Crippen molar-refractivity contribution in [3.05, 3.63) is 23.3 Å². The fraction of sp³-hybridized carbons (Fsp3) is 0.222. The first-order valence-corrected chi connectivity index (χ1v) is 3.92. The van der Waals surface area contributed by atoms with Gasteiger partial charge in [0.25, 0.3) is 0 Å². The lowest BCUT2D eigenvalue weighted by Crippen LogP contribution is -1.92. The summed E-state index contributed by atoms with van der Waals surface area (Å²) in [4.78, 5) is 0.694. The van der Waals surface area contributed by atoms with Crippen molar-refractivity contribution in [3.63, 3.8) is 0 Å². The van der Waals surface area contributed by atoms with Crippen molar-refractivity contribution < 1.29 is 4.74 Å². The van der Waals surface area contributed by atoms with Crippen molar-refractivity contribution in [2.24, 2.45) is 0 Å². The van der Waals surface area contributed by atoms with Crippen LogP contribution >= 0.6 is 12.6 Å². The van der Waals surface area contributed by atoms with Gasteiger partial charge in [-0.2, -0.15) is 5.26 Å². The quantitative estimate of drug-likeness (QED) is 0.670. The zero-order valence-electron chi connectivity index (χ0n) is 6.96. The molecule has 3 heteroatoms. The van der Waals surface area contributed by atoms with Gasteiger partial charge in [-0.05, 0) is 18.6 Å². The predicted octanol–water partition coefficient (Wildman–Crippen LogP) is 2.16. The van der Waals surface area contributed by atoms with Gasteiger partial charge in [0, 0.05) is 4.90 Å². The van der Waals surface area contributed by atoms with Crippen LogP contribution in [0.4, 0.5) is 0 Å². The van der Waals surface area contributed by atoms with Crippen LogP contribution < -0.4 is 4.74 Å². The lowest BCUT2D eigenvalue weighted by molar-refractivity contribution is 0.403. The average molecular weight is 179 g/mol. The number of thiol groups is 1. The highest BCUT2D eigenvalue weighted by Gasteiger charge is 2.08. The Balaban J connectivity index is 3.41. The fourth-order valence-electron chi connectivity index (χ4n) is 1.02. The van der Waals surface area contributed by atoms with Crippen molar-refractivity contribution in [1.29, 1.82) is 5.26 Å². The first-order chi connectivity index (χ1) is 5.70. The molecule has 0 unspecified atom stereocenters. The van der Waals surface area contributed by atoms with E-state index in [0.29, 0.717) is 16.2 Å². The fourth-order valence-corrected chi connectivity index (χ4v) is 1.29. The molecule has 0 aliphatic rings. The molecule has 0 spiro atoms. The maximum atomic E-state index is 8.79. The second-order valence-electron chi connectivity index (χ2n) is 2.42. The third-order valence-corrected chi connectivity index (χ3v) is 2.01. The Labute approximate surface area is 77.2 Å². The van der Waals surface area contributed by atoms with E-state index in [1.165, 1.54) is 7.11 Å². The first kappa shape index (κ1) is 8.95. The number of nitriles is 1. The third kappa shape index (κ3) is 1.39. The average Bonchev–Trinajstić information content (AvgIpc) is 2.08. The first-order valence-electron chi connectivity index (χ1n) is 3.47. The molecular weight excluding hydrogens is 170 g/mol. The molecule has 0 bridgehead atoms. The van der Waals surface area contributed by atoms with Gasteiger partial charge in [-0.25, -0.2) is 0 Å². The van der Waals surface area contributed by atoms with Crippen LogP contribution in [0.3, 0.4) is 0 Å². The van der Waals surface area contributed by atoms with Crippen molar-refractivity contribution in [2.75, 3.05) is 7.11 Å². The summed E-state index contributed by atoms with van der Waals surface area (Å²) in [6, 6.07) is 5.75. The van der Waals surface area contributed by atoms with Crippen molar-refractivity contribution in [3.8, 4) is 11.8 Å². The van der Waals surface area contributed by atoms with Crippen LogP contribution in [-0.2, 0) is 0 Å². The summed E-state index contributed by atoms with van der Waals surface area (Å²) in [7, 11) is 1.54. The topological polar surface area (TPSA) is 33.0 Å². The molecule has 0 atom stereocenters. The molecule has 1 rings (SSSR count). The Hall–Kier alpha value is -1.14. The summed E-state index contributed by atoms with van der Waals surface area (Å²) in [5.41, 5.74) is 1.47. The van der Waals surface area contributed by atoms with E-state index in [-0.39, 0.29) is 0 Å². The summed E-state index contributed by atoms with van der Waals surface area (Å²) in [6.45, 7) is 1.87. The number of benzene rings is 1. The van der Waals surface area contributed by atoms with Crippen molar-refractivity contribution >= 4 is 12.6 Å². The van der Waals surface area contributed by atoms with Crippen LogP contribution in [0.1, 0.15) is 11.1 Å². The minimum absolute atomic E-state index is 0.556. The highest BCUT2D eigenvalue weighted by atomic mass is 32.1. The number of hydrogen-bond donors (Lipinski definition) is 1. The van der Waals surface area contributed by atoms with E-state index in [0.717, 1.165) is 5.56 Å². The van der Waals surface area contributed by atoms with Gasteiger partial charge in [-0.1, -0.05) is 6.07 Å². The largest absolute Gasteiger partial charge is 0.494 e. The molecule has 0 saturated heterocycles. The van der Waals surface area contributed by atoms with Crippen LogP contribution in [0, 0.1) is 18.3 Å². The standard InChI is InChI=1S/C9H9NOS/c1-6-3-4-8(12)9(11-2)7(6)5-10/h3-4,12H,1-2H3. The molecule has 1 aromatic carbocycles. The maximum absolute atomic E-state index is 8.79. The van der Waals surface area contributed by atoms with Crippen molar-refractivity contribution in [1.82, 2.24) is 0 Å². The number of nitrogens with zero attached hydrogens (tertiary/aromatic N) is 1. The third-order valence-electron chi connectivity index (χ3n) is 1.66. The van der Waals surface area contributed by atoms with Crippen LogP contribution in [-0.4, -0.2) is 7.11 Å². The summed E-state index contributed by atoms with van der Waals surface area (Å²) in [5.74, 6) is 0.556. The molecule has 0 saturated carbocycles. The highest BCUT2D eigenvalue weighted by Crippen LogP contribution is 2.28. The molecule has 0 radical (unpaired) electrons. The van der Waals surface area contributed by atoms with E-state index in [9.17, 15) is 0 Å². The van der Waals surface area contributed by atoms with E-state index in [4.69, 9.17) is 10.00 Å². The Morgan fingerprint density at radius 1 is 1.50 bits per heavy atom. The van der Waals surface area contributed by atoms with Gasteiger partial charge in [-0.3, -0.25) is 0 Å². The zero-order valence-corrected chi connectivity index (χ0v) is 7.85. The number of methoxy groups -OCH3 is 1. The van der Waals surface area contributed by atoms with Gasteiger partial charge >= 0.3 is 0 Å². The van der Waals surface area contributed by atoms with Crippen LogP contribution in [0.2, 0.25) is 0 Å². The van der Waals surface area contributed by atoms with E-state index >= 15 is 0 Å². The lowest BCUT2D eigenvalue weighted by atomic mass is 10.1. The molecule has 0 heterocycles. The molecule has 12 heavy (non-hydrogen) atoms. The van der Waals surface area contributed by atoms with Crippen molar-refractivity contribution in [2.45, 2.75) is 11.8 Å². The maximum Gasteiger partial charge on any atom is 0.150 e. The molecule has 0 N–H and O–H groups in total. The minimum atomic E-state index is 0.556. The summed E-state index contributed by atoms with van der Waals surface area (Å²) >= 11 is 4.17. The molecule has 0 aliphatic carbocycles. The van der Waals surface area contributed by atoms with Crippen LogP contribution in [0.25, 0.3) is 0 Å². The predicted molar refractivity (Wildman–Crippen MR) is 49.7 cm³/mol. The molecule has 0 aliphatic heterocycles. The monoisotopic (exact) mass is 179 g/mol. The Kier molecular flexibility index (Phi) is 2.61. The van der Waals surface area contributed by atoms with Gasteiger partial charge in [0.05, 0.1) is 12.7 Å². The summed E-state index contributed by atoms with van der Waals surface area (Å²) in [5, 5.41) is 8.79. The van der Waals surface area contributed by atoms with Crippen LogP contribution in [0.5, 0.6) is 5.75 Å². The molecule has 0 amide bonds. The zero-order chi connectivity index (χ0) is 9.14. The number of aryl methyl sites for hydroxylation is 1. The van der Waals surface area contributed by atoms with Gasteiger partial charge in [0.1, 0.15) is 11.8 Å². The highest BCUT2D eigenvalue weighted by molar-refractivity contribution is 7.80. The molecule has 0 aromatic heterocycles. The van der Waals surface area contributed by atoms with E-state index in [1.54, 1.807) is 0 Å². The van der Waals surface area contributed by atoms with Gasteiger partial charge in [0.15, 0.2) is 0 Å². The van der Waals surface area contributed by atoms with Gasteiger partial charge in [0.2, 0.25) is 0 Å². The second-order valence-corrected chi connectivity index (χ2v) is 2.90. The van der Waals surface area contributed by atoms with E-state index < -0.39 is 0 Å². The SMILES string of the molecule is COc1c(S)ccc(C)c1C#N. The lowest BCUT2D eigenvalue weighted by Gasteiger charge is -2.07. The minimum Gasteiger partial charge on any atom is -0.494 e. The normalized spacial score (nSPS) is 9.17. The molecular formula is C9H9NOS.